The zero-order valence-corrected chi connectivity index (χ0v) is 14.1. The number of rotatable bonds is 7. The molecule has 0 saturated heterocycles. The number of nitrogens with zero attached hydrogens (tertiary/aromatic N) is 1. The second kappa shape index (κ2) is 8.43. The summed E-state index contributed by atoms with van der Waals surface area (Å²) < 4.78 is 18.2. The van der Waals surface area contributed by atoms with Gasteiger partial charge in [-0.05, 0) is 43.2 Å². The Morgan fingerprint density at radius 2 is 2.00 bits per heavy atom. The Bertz CT molecular complexity index is 768. The van der Waals surface area contributed by atoms with Crippen LogP contribution in [0.3, 0.4) is 0 Å². The average Bonchev–Trinajstić information content (AvgIpc) is 2.57. The molecular weight excluding hydrogens is 351 g/mol. The van der Waals surface area contributed by atoms with Gasteiger partial charge in [0.05, 0.1) is 4.92 Å². The van der Waals surface area contributed by atoms with Crippen molar-refractivity contribution in [3.05, 3.63) is 69.0 Å². The van der Waals surface area contributed by atoms with Gasteiger partial charge in [-0.25, -0.2) is 4.39 Å². The minimum Gasteiger partial charge on any atom is -0.474 e. The molecule has 2 aromatic rings. The molecule has 1 N–H and O–H groups in total. The van der Waals surface area contributed by atoms with Crippen LogP contribution in [0.15, 0.2) is 42.5 Å². The molecule has 0 aliphatic carbocycles. The maximum atomic E-state index is 12.8. The maximum absolute atomic E-state index is 12.8. The van der Waals surface area contributed by atoms with E-state index in [9.17, 15) is 19.3 Å². The third kappa shape index (κ3) is 5.42. The van der Waals surface area contributed by atoms with E-state index in [1.165, 1.54) is 31.2 Å². The van der Waals surface area contributed by atoms with Gasteiger partial charge < -0.3 is 10.1 Å². The molecule has 0 aliphatic heterocycles. The largest absolute Gasteiger partial charge is 0.474 e. The molecule has 1 amide bonds. The van der Waals surface area contributed by atoms with Gasteiger partial charge in [0.1, 0.15) is 5.82 Å². The fraction of sp³-hybridized carbons (Fsp3) is 0.235. The highest BCUT2D eigenvalue weighted by atomic mass is 35.5. The van der Waals surface area contributed by atoms with Gasteiger partial charge in [-0.1, -0.05) is 23.7 Å². The van der Waals surface area contributed by atoms with E-state index in [-0.39, 0.29) is 22.3 Å². The number of halogens is 2. The van der Waals surface area contributed by atoms with Crippen LogP contribution in [0, 0.1) is 15.9 Å². The third-order valence-electron chi connectivity index (χ3n) is 3.42. The van der Waals surface area contributed by atoms with Gasteiger partial charge in [0, 0.05) is 17.6 Å². The highest BCUT2D eigenvalue weighted by molar-refractivity contribution is 6.30. The second-order valence-corrected chi connectivity index (χ2v) is 5.73. The summed E-state index contributed by atoms with van der Waals surface area (Å²) in [6, 6.07) is 9.93. The lowest BCUT2D eigenvalue weighted by Gasteiger charge is -2.15. The Kier molecular flexibility index (Phi) is 6.30. The van der Waals surface area contributed by atoms with Crippen molar-refractivity contribution in [2.45, 2.75) is 19.4 Å². The van der Waals surface area contributed by atoms with E-state index in [1.54, 1.807) is 12.1 Å². The number of carbonyl (C=O) groups is 1. The van der Waals surface area contributed by atoms with E-state index in [4.69, 9.17) is 16.3 Å². The van der Waals surface area contributed by atoms with Crippen molar-refractivity contribution in [1.82, 2.24) is 5.32 Å². The fourth-order valence-corrected chi connectivity index (χ4v) is 2.27. The number of nitrogens with one attached hydrogen (secondary N) is 1. The molecule has 0 spiro atoms. The normalized spacial score (nSPS) is 11.6. The van der Waals surface area contributed by atoms with Gasteiger partial charge in [0.15, 0.2) is 11.9 Å². The Labute approximate surface area is 148 Å². The molecule has 0 saturated carbocycles. The standard InChI is InChI=1S/C17H16ClFN2O4/c1-11(25-16-7-4-13(18)10-15(16)21(23)24)17(22)20-9-8-12-2-5-14(19)6-3-12/h2-7,10-11H,8-9H2,1H3,(H,20,22)/t11-/m1/s1. The summed E-state index contributed by atoms with van der Waals surface area (Å²) in [5.41, 5.74) is 0.571. The summed E-state index contributed by atoms with van der Waals surface area (Å²) in [5.74, 6) is -0.763. The van der Waals surface area contributed by atoms with Crippen LogP contribution in [0.5, 0.6) is 5.75 Å². The Morgan fingerprint density at radius 1 is 1.32 bits per heavy atom. The molecule has 2 aromatic carbocycles. The summed E-state index contributed by atoms with van der Waals surface area (Å²) in [4.78, 5) is 22.4. The number of ether oxygens (including phenoxy) is 1. The van der Waals surface area contributed by atoms with Crippen LogP contribution in [0.4, 0.5) is 10.1 Å². The maximum Gasteiger partial charge on any atom is 0.312 e. The van der Waals surface area contributed by atoms with Crippen molar-refractivity contribution in [2.24, 2.45) is 0 Å². The number of nitro benzene ring substituents is 1. The predicted molar refractivity (Wildman–Crippen MR) is 91.3 cm³/mol. The highest BCUT2D eigenvalue weighted by Crippen LogP contribution is 2.30. The Hall–Kier alpha value is -2.67. The minimum atomic E-state index is -0.923. The summed E-state index contributed by atoms with van der Waals surface area (Å²) in [5, 5.41) is 13.9. The molecule has 0 bridgehead atoms. The molecule has 132 valence electrons. The van der Waals surface area contributed by atoms with E-state index in [0.717, 1.165) is 11.6 Å². The van der Waals surface area contributed by atoms with Gasteiger partial charge in [0.25, 0.3) is 5.91 Å². The lowest BCUT2D eigenvalue weighted by molar-refractivity contribution is -0.386. The Morgan fingerprint density at radius 3 is 2.64 bits per heavy atom. The SMILES string of the molecule is C[C@@H](Oc1ccc(Cl)cc1[N+](=O)[O-])C(=O)NCCc1ccc(F)cc1. The van der Waals surface area contributed by atoms with E-state index >= 15 is 0 Å². The van der Waals surface area contributed by atoms with Crippen molar-refractivity contribution in [3.63, 3.8) is 0 Å². The van der Waals surface area contributed by atoms with E-state index in [2.05, 4.69) is 5.32 Å². The van der Waals surface area contributed by atoms with E-state index in [0.29, 0.717) is 13.0 Å². The molecular formula is C17H16ClFN2O4. The van der Waals surface area contributed by atoms with Crippen molar-refractivity contribution in [2.75, 3.05) is 6.54 Å². The molecule has 25 heavy (non-hydrogen) atoms. The Balaban J connectivity index is 1.90. The minimum absolute atomic E-state index is 0.0319. The van der Waals surface area contributed by atoms with Gasteiger partial charge in [-0.2, -0.15) is 0 Å². The lowest BCUT2D eigenvalue weighted by atomic mass is 10.1. The zero-order chi connectivity index (χ0) is 18.4. The molecule has 1 atom stereocenters. The van der Waals surface area contributed by atoms with Crippen molar-refractivity contribution in [3.8, 4) is 5.75 Å². The van der Waals surface area contributed by atoms with Crippen molar-refractivity contribution in [1.29, 1.82) is 0 Å². The van der Waals surface area contributed by atoms with Crippen LogP contribution in [0.25, 0.3) is 0 Å². The van der Waals surface area contributed by atoms with Crippen molar-refractivity contribution < 1.29 is 18.8 Å². The summed E-state index contributed by atoms with van der Waals surface area (Å²) in [6.07, 6.45) is -0.395. The number of amides is 1. The molecule has 0 heterocycles. The van der Waals surface area contributed by atoms with Crippen LogP contribution in [0.1, 0.15) is 12.5 Å². The first kappa shape index (κ1) is 18.7. The van der Waals surface area contributed by atoms with Crippen molar-refractivity contribution >= 4 is 23.2 Å². The lowest BCUT2D eigenvalue weighted by Crippen LogP contribution is -2.37. The summed E-state index contributed by atoms with van der Waals surface area (Å²) in [6.45, 7) is 1.83. The van der Waals surface area contributed by atoms with Gasteiger partial charge in [0.2, 0.25) is 0 Å². The van der Waals surface area contributed by atoms with Crippen LogP contribution in [-0.4, -0.2) is 23.5 Å². The first-order valence-corrected chi connectivity index (χ1v) is 7.87. The smallest absolute Gasteiger partial charge is 0.312 e. The van der Waals surface area contributed by atoms with E-state index < -0.39 is 16.9 Å². The van der Waals surface area contributed by atoms with Crippen LogP contribution in [0.2, 0.25) is 5.02 Å². The second-order valence-electron chi connectivity index (χ2n) is 5.30. The molecule has 2 rings (SSSR count). The molecule has 0 fully saturated rings. The average molecular weight is 367 g/mol. The first-order valence-electron chi connectivity index (χ1n) is 7.49. The van der Waals surface area contributed by atoms with Gasteiger partial charge in [-0.15, -0.1) is 0 Å². The molecule has 6 nitrogen and oxygen atoms in total. The quantitative estimate of drug-likeness (QED) is 0.600. The topological polar surface area (TPSA) is 81.5 Å². The molecule has 0 radical (unpaired) electrons. The van der Waals surface area contributed by atoms with Gasteiger partial charge >= 0.3 is 5.69 Å². The first-order chi connectivity index (χ1) is 11.9. The number of hydrogen-bond acceptors (Lipinski definition) is 4. The van der Waals surface area contributed by atoms with E-state index in [1.807, 2.05) is 0 Å². The molecule has 0 unspecified atom stereocenters. The number of carbonyl (C=O) groups excluding carboxylic acids is 1. The van der Waals surface area contributed by atoms with Crippen LogP contribution in [-0.2, 0) is 11.2 Å². The van der Waals surface area contributed by atoms with Crippen LogP contribution >= 0.6 is 11.6 Å². The van der Waals surface area contributed by atoms with Crippen LogP contribution < -0.4 is 10.1 Å². The fourth-order valence-electron chi connectivity index (χ4n) is 2.10. The highest BCUT2D eigenvalue weighted by Gasteiger charge is 2.21. The number of nitro groups is 1. The zero-order valence-electron chi connectivity index (χ0n) is 13.4. The summed E-state index contributed by atoms with van der Waals surface area (Å²) in [7, 11) is 0. The molecule has 0 aromatic heterocycles. The van der Waals surface area contributed by atoms with Gasteiger partial charge in [-0.3, -0.25) is 14.9 Å². The predicted octanol–water partition coefficient (Wildman–Crippen LogP) is 3.51. The monoisotopic (exact) mass is 366 g/mol. The summed E-state index contributed by atoms with van der Waals surface area (Å²) >= 11 is 5.73. The number of hydrogen-bond donors (Lipinski definition) is 1. The number of benzene rings is 2. The molecule has 0 aliphatic rings. The molecule has 8 heteroatoms. The third-order valence-corrected chi connectivity index (χ3v) is 3.65.